The molecule has 25 heavy (non-hydrogen) atoms. The first-order valence-corrected chi connectivity index (χ1v) is 9.15. The highest BCUT2D eigenvalue weighted by atomic mass is 35.5. The van der Waals surface area contributed by atoms with E-state index in [4.69, 9.17) is 11.6 Å². The number of carbonyl (C=O) groups is 2. The van der Waals surface area contributed by atoms with E-state index in [9.17, 15) is 9.59 Å². The van der Waals surface area contributed by atoms with Gasteiger partial charge in [0, 0.05) is 18.7 Å². The summed E-state index contributed by atoms with van der Waals surface area (Å²) in [6, 6.07) is 5.37. The number of benzene rings is 1. The van der Waals surface area contributed by atoms with Gasteiger partial charge in [-0.25, -0.2) is 0 Å². The first kappa shape index (κ1) is 18.0. The first-order valence-electron chi connectivity index (χ1n) is 8.77. The average Bonchev–Trinajstić information content (AvgIpc) is 2.85. The van der Waals surface area contributed by atoms with Crippen LogP contribution in [0.2, 0.25) is 5.02 Å². The molecule has 0 unspecified atom stereocenters. The van der Waals surface area contributed by atoms with E-state index in [0.29, 0.717) is 23.7 Å². The molecule has 2 amide bonds. The topological polar surface area (TPSA) is 49.4 Å². The van der Waals surface area contributed by atoms with Gasteiger partial charge in [0.25, 0.3) is 0 Å². The number of hydrogen-bond acceptors (Lipinski definition) is 2. The number of allylic oxidation sites excluding steroid dienone is 2. The fourth-order valence-electron chi connectivity index (χ4n) is 3.76. The van der Waals surface area contributed by atoms with E-state index in [2.05, 4.69) is 39.1 Å². The summed E-state index contributed by atoms with van der Waals surface area (Å²) in [5.41, 5.74) is 2.54. The minimum Gasteiger partial charge on any atom is -0.324 e. The van der Waals surface area contributed by atoms with E-state index in [1.165, 1.54) is 5.57 Å². The molecule has 1 aliphatic heterocycles. The van der Waals surface area contributed by atoms with E-state index >= 15 is 0 Å². The molecule has 2 aliphatic rings. The number of nitrogens with one attached hydrogen (secondary N) is 1. The molecule has 0 spiro atoms. The third kappa shape index (κ3) is 3.45. The molecular weight excluding hydrogens is 336 g/mol. The Morgan fingerprint density at radius 2 is 2.08 bits per heavy atom. The second kappa shape index (κ2) is 6.49. The summed E-state index contributed by atoms with van der Waals surface area (Å²) in [5.74, 6) is 0.293. The van der Waals surface area contributed by atoms with Crippen LogP contribution in [-0.4, -0.2) is 18.4 Å². The van der Waals surface area contributed by atoms with Crippen molar-refractivity contribution in [3.05, 3.63) is 34.9 Å². The molecular formula is C20H25ClN2O2. The number of hydrogen-bond donors (Lipinski definition) is 1. The number of nitrogens with zero attached hydrogens (tertiary/aromatic N) is 1. The molecule has 5 heteroatoms. The zero-order valence-electron chi connectivity index (χ0n) is 15.2. The molecule has 2 atom stereocenters. The van der Waals surface area contributed by atoms with Gasteiger partial charge in [0.2, 0.25) is 11.8 Å². The lowest BCUT2D eigenvalue weighted by molar-refractivity contribution is -0.118. The quantitative estimate of drug-likeness (QED) is 0.795. The number of anilines is 2. The van der Waals surface area contributed by atoms with Crippen LogP contribution in [0.25, 0.3) is 0 Å². The maximum absolute atomic E-state index is 12.8. The third-order valence-corrected chi connectivity index (χ3v) is 5.63. The molecule has 0 bridgehead atoms. The van der Waals surface area contributed by atoms with Gasteiger partial charge in [0.05, 0.1) is 16.6 Å². The van der Waals surface area contributed by atoms with Crippen LogP contribution in [0.3, 0.4) is 0 Å². The Hall–Kier alpha value is -1.81. The van der Waals surface area contributed by atoms with Gasteiger partial charge >= 0.3 is 0 Å². The van der Waals surface area contributed by atoms with Crippen molar-refractivity contribution < 1.29 is 9.59 Å². The Morgan fingerprint density at radius 1 is 1.36 bits per heavy atom. The Labute approximate surface area is 154 Å². The highest BCUT2D eigenvalue weighted by molar-refractivity contribution is 6.34. The van der Waals surface area contributed by atoms with Crippen molar-refractivity contribution in [2.45, 2.75) is 40.5 Å². The van der Waals surface area contributed by atoms with E-state index in [-0.39, 0.29) is 29.1 Å². The van der Waals surface area contributed by atoms with E-state index in [1.54, 1.807) is 17.0 Å². The SMILES string of the molecule is CC(C)=C[C@@H]1[C@H](C(=O)Nc2cc(N3CCCC3=O)ccc2Cl)C1(C)C. The number of carbonyl (C=O) groups excluding carboxylic acids is 2. The average molecular weight is 361 g/mol. The fraction of sp³-hybridized carbons (Fsp3) is 0.500. The van der Waals surface area contributed by atoms with Gasteiger partial charge in [-0.15, -0.1) is 0 Å². The molecule has 0 aromatic heterocycles. The van der Waals surface area contributed by atoms with Gasteiger partial charge in [-0.3, -0.25) is 9.59 Å². The first-order chi connectivity index (χ1) is 11.7. The monoisotopic (exact) mass is 360 g/mol. The number of halogens is 1. The normalized spacial score (nSPS) is 24.2. The summed E-state index contributed by atoms with van der Waals surface area (Å²) in [7, 11) is 0. The second-order valence-corrected chi connectivity index (χ2v) is 8.28. The van der Waals surface area contributed by atoms with Crippen LogP contribution >= 0.6 is 11.6 Å². The van der Waals surface area contributed by atoms with Crippen molar-refractivity contribution in [3.63, 3.8) is 0 Å². The smallest absolute Gasteiger partial charge is 0.228 e. The Morgan fingerprint density at radius 3 is 2.68 bits per heavy atom. The standard InChI is InChI=1S/C20H25ClN2O2/c1-12(2)10-14-18(20(14,3)4)19(25)22-16-11-13(7-8-15(16)21)23-9-5-6-17(23)24/h7-8,10-11,14,18H,5-6,9H2,1-4H3,(H,22,25)/t14-,18-/m1/s1. The highest BCUT2D eigenvalue weighted by Crippen LogP contribution is 2.59. The fourth-order valence-corrected chi connectivity index (χ4v) is 3.92. The van der Waals surface area contributed by atoms with Gasteiger partial charge < -0.3 is 10.2 Å². The van der Waals surface area contributed by atoms with Crippen molar-refractivity contribution in [3.8, 4) is 0 Å². The lowest BCUT2D eigenvalue weighted by Crippen LogP contribution is -2.24. The summed E-state index contributed by atoms with van der Waals surface area (Å²) >= 11 is 6.27. The molecule has 134 valence electrons. The zero-order valence-corrected chi connectivity index (χ0v) is 16.0. The Balaban J connectivity index is 1.78. The molecule has 2 fully saturated rings. The van der Waals surface area contributed by atoms with Gasteiger partial charge in [-0.1, -0.05) is 37.1 Å². The molecule has 1 aliphatic carbocycles. The third-order valence-electron chi connectivity index (χ3n) is 5.30. The molecule has 1 aromatic carbocycles. The predicted octanol–water partition coefficient (Wildman–Crippen LogP) is 4.64. The molecule has 1 N–H and O–H groups in total. The molecule has 3 rings (SSSR count). The zero-order chi connectivity index (χ0) is 18.4. The molecule has 1 saturated heterocycles. The Bertz CT molecular complexity index is 750. The van der Waals surface area contributed by atoms with Gasteiger partial charge in [0.1, 0.15) is 0 Å². The van der Waals surface area contributed by atoms with Gasteiger partial charge in [-0.05, 0) is 49.8 Å². The van der Waals surface area contributed by atoms with E-state index in [0.717, 1.165) is 12.1 Å². The van der Waals surface area contributed by atoms with Crippen molar-refractivity contribution >= 4 is 34.8 Å². The lowest BCUT2D eigenvalue weighted by Gasteiger charge is -2.17. The minimum absolute atomic E-state index is 0.0145. The van der Waals surface area contributed by atoms with Crippen molar-refractivity contribution in [2.24, 2.45) is 17.3 Å². The molecule has 4 nitrogen and oxygen atoms in total. The second-order valence-electron chi connectivity index (χ2n) is 7.87. The number of amides is 2. The highest BCUT2D eigenvalue weighted by Gasteiger charge is 2.60. The predicted molar refractivity (Wildman–Crippen MR) is 102 cm³/mol. The minimum atomic E-state index is -0.0597. The summed E-state index contributed by atoms with van der Waals surface area (Å²) in [6.07, 6.45) is 3.61. The van der Waals surface area contributed by atoms with E-state index in [1.807, 2.05) is 6.07 Å². The summed E-state index contributed by atoms with van der Waals surface area (Å²) in [4.78, 5) is 26.4. The Kier molecular flexibility index (Phi) is 4.67. The van der Waals surface area contributed by atoms with Crippen LogP contribution in [0.15, 0.2) is 29.8 Å². The molecule has 1 heterocycles. The maximum Gasteiger partial charge on any atom is 0.228 e. The summed E-state index contributed by atoms with van der Waals surface area (Å²) in [5, 5.41) is 3.46. The van der Waals surface area contributed by atoms with Crippen LogP contribution in [-0.2, 0) is 9.59 Å². The van der Waals surface area contributed by atoms with Crippen LogP contribution in [0.4, 0.5) is 11.4 Å². The maximum atomic E-state index is 12.8. The van der Waals surface area contributed by atoms with E-state index < -0.39 is 0 Å². The van der Waals surface area contributed by atoms with Crippen molar-refractivity contribution in [1.82, 2.24) is 0 Å². The van der Waals surface area contributed by atoms with Crippen molar-refractivity contribution in [2.75, 3.05) is 16.8 Å². The van der Waals surface area contributed by atoms with Gasteiger partial charge in [-0.2, -0.15) is 0 Å². The van der Waals surface area contributed by atoms with Crippen LogP contribution < -0.4 is 10.2 Å². The van der Waals surface area contributed by atoms with Gasteiger partial charge in [0.15, 0.2) is 0 Å². The largest absolute Gasteiger partial charge is 0.324 e. The number of rotatable bonds is 4. The summed E-state index contributed by atoms with van der Waals surface area (Å²) in [6.45, 7) is 9.05. The van der Waals surface area contributed by atoms with Crippen LogP contribution in [0.5, 0.6) is 0 Å². The van der Waals surface area contributed by atoms with Crippen molar-refractivity contribution in [1.29, 1.82) is 0 Å². The molecule has 1 saturated carbocycles. The summed E-state index contributed by atoms with van der Waals surface area (Å²) < 4.78 is 0. The lowest BCUT2D eigenvalue weighted by atomic mass is 10.1. The van der Waals surface area contributed by atoms with Crippen LogP contribution in [0.1, 0.15) is 40.5 Å². The molecule has 1 aromatic rings. The van der Waals surface area contributed by atoms with Crippen LogP contribution in [0, 0.1) is 17.3 Å². The molecule has 0 radical (unpaired) electrons.